The van der Waals surface area contributed by atoms with E-state index < -0.39 is 12.1 Å². The first-order chi connectivity index (χ1) is 7.09. The van der Waals surface area contributed by atoms with Crippen molar-refractivity contribution in [2.24, 2.45) is 0 Å². The number of aromatic nitrogens is 2. The second-order valence-electron chi connectivity index (χ2n) is 3.25. The van der Waals surface area contributed by atoms with Crippen molar-refractivity contribution >= 4 is 22.3 Å². The number of carboxylic acids is 1. The van der Waals surface area contributed by atoms with Crippen molar-refractivity contribution in [3.8, 4) is 0 Å². The third-order valence-corrected chi connectivity index (χ3v) is 2.92. The minimum atomic E-state index is -1.02. The predicted molar refractivity (Wildman–Crippen MR) is 55.0 cm³/mol. The van der Waals surface area contributed by atoms with Gasteiger partial charge in [0, 0.05) is 11.6 Å². The van der Waals surface area contributed by atoms with Gasteiger partial charge in [-0.05, 0) is 6.92 Å². The normalized spacial score (nSPS) is 13.2. The van der Waals surface area contributed by atoms with E-state index in [1.807, 2.05) is 5.38 Å². The smallest absolute Gasteiger partial charge is 0.306 e. The molecular weight excluding hydrogens is 216 g/mol. The number of aliphatic hydroxyl groups excluding tert-OH is 1. The molecule has 0 amide bonds. The number of aryl methyl sites for hydroxylation is 1. The fourth-order valence-electron chi connectivity index (χ4n) is 1.58. The van der Waals surface area contributed by atoms with E-state index in [-0.39, 0.29) is 6.42 Å². The van der Waals surface area contributed by atoms with E-state index >= 15 is 0 Å². The van der Waals surface area contributed by atoms with Crippen LogP contribution in [0.25, 0.3) is 4.96 Å². The van der Waals surface area contributed by atoms with Crippen LogP contribution in [0, 0.1) is 6.92 Å². The van der Waals surface area contributed by atoms with Gasteiger partial charge in [-0.1, -0.05) is 0 Å². The SMILES string of the molecule is Cc1nc2sccn2c1C(O)CC(=O)O. The van der Waals surface area contributed by atoms with Crippen molar-refractivity contribution in [1.82, 2.24) is 9.38 Å². The van der Waals surface area contributed by atoms with Crippen molar-refractivity contribution in [2.45, 2.75) is 19.4 Å². The molecule has 0 saturated carbocycles. The largest absolute Gasteiger partial charge is 0.481 e. The molecule has 0 aliphatic rings. The van der Waals surface area contributed by atoms with Gasteiger partial charge in [-0.2, -0.15) is 0 Å². The Bertz CT molecular complexity index is 502. The van der Waals surface area contributed by atoms with E-state index in [1.165, 1.54) is 11.3 Å². The van der Waals surface area contributed by atoms with Crippen molar-refractivity contribution in [2.75, 3.05) is 0 Å². The highest BCUT2D eigenvalue weighted by Gasteiger charge is 2.20. The average molecular weight is 226 g/mol. The van der Waals surface area contributed by atoms with E-state index in [0.717, 1.165) is 4.96 Å². The summed E-state index contributed by atoms with van der Waals surface area (Å²) in [6.07, 6.45) is 0.470. The number of hydrogen-bond acceptors (Lipinski definition) is 4. The maximum Gasteiger partial charge on any atom is 0.306 e. The molecule has 1 atom stereocenters. The van der Waals surface area contributed by atoms with Crippen molar-refractivity contribution in [1.29, 1.82) is 0 Å². The van der Waals surface area contributed by atoms with Crippen LogP contribution < -0.4 is 0 Å². The lowest BCUT2D eigenvalue weighted by atomic mass is 10.1. The highest BCUT2D eigenvalue weighted by Crippen LogP contribution is 2.24. The van der Waals surface area contributed by atoms with Crippen LogP contribution in [0.15, 0.2) is 11.6 Å². The maximum atomic E-state index is 10.5. The molecule has 6 heteroatoms. The first-order valence-electron chi connectivity index (χ1n) is 4.41. The molecule has 2 rings (SSSR count). The molecule has 0 aliphatic heterocycles. The van der Waals surface area contributed by atoms with Gasteiger partial charge in [-0.3, -0.25) is 9.20 Å². The van der Waals surface area contributed by atoms with Crippen LogP contribution in [0.5, 0.6) is 0 Å². The van der Waals surface area contributed by atoms with Crippen LogP contribution >= 0.6 is 11.3 Å². The van der Waals surface area contributed by atoms with Crippen LogP contribution in [-0.2, 0) is 4.79 Å². The molecule has 2 aromatic heterocycles. The summed E-state index contributed by atoms with van der Waals surface area (Å²) in [6, 6.07) is 0. The van der Waals surface area contributed by atoms with Gasteiger partial charge in [0.15, 0.2) is 4.96 Å². The summed E-state index contributed by atoms with van der Waals surface area (Å²) in [6.45, 7) is 1.76. The van der Waals surface area contributed by atoms with Crippen LogP contribution in [0.4, 0.5) is 0 Å². The standard InChI is InChI=1S/C9H10N2O3S/c1-5-8(6(12)4-7(13)14)11-2-3-15-9(11)10-5/h2-3,6,12H,4H2,1H3,(H,13,14). The quantitative estimate of drug-likeness (QED) is 0.825. The molecule has 80 valence electrons. The van der Waals surface area contributed by atoms with E-state index in [0.29, 0.717) is 11.4 Å². The van der Waals surface area contributed by atoms with Crippen LogP contribution in [-0.4, -0.2) is 25.6 Å². The molecule has 2 aromatic rings. The summed E-state index contributed by atoms with van der Waals surface area (Å²) in [4.78, 5) is 15.5. The number of aliphatic carboxylic acids is 1. The Morgan fingerprint density at radius 1 is 1.73 bits per heavy atom. The number of imidazole rings is 1. The third kappa shape index (κ3) is 1.73. The number of nitrogens with zero attached hydrogens (tertiary/aromatic N) is 2. The molecule has 0 radical (unpaired) electrons. The Balaban J connectivity index is 2.44. The van der Waals surface area contributed by atoms with E-state index in [1.54, 1.807) is 17.5 Å². The Hall–Kier alpha value is -1.40. The van der Waals surface area contributed by atoms with E-state index in [2.05, 4.69) is 4.98 Å². The monoisotopic (exact) mass is 226 g/mol. The molecule has 0 bridgehead atoms. The number of thiazole rings is 1. The lowest BCUT2D eigenvalue weighted by molar-refractivity contribution is -0.139. The zero-order valence-electron chi connectivity index (χ0n) is 8.04. The van der Waals surface area contributed by atoms with Crippen molar-refractivity contribution < 1.29 is 15.0 Å². The summed E-state index contributed by atoms with van der Waals surface area (Å²) >= 11 is 1.45. The highest BCUT2D eigenvalue weighted by atomic mass is 32.1. The minimum Gasteiger partial charge on any atom is -0.481 e. The fourth-order valence-corrected chi connectivity index (χ4v) is 2.34. The second kappa shape index (κ2) is 3.63. The maximum absolute atomic E-state index is 10.5. The first kappa shape index (κ1) is 10.1. The molecule has 1 unspecified atom stereocenters. The fraction of sp³-hybridized carbons (Fsp3) is 0.333. The van der Waals surface area contributed by atoms with Gasteiger partial charge in [0.1, 0.15) is 6.10 Å². The zero-order chi connectivity index (χ0) is 11.0. The molecule has 2 N–H and O–H groups in total. The molecule has 15 heavy (non-hydrogen) atoms. The Labute approximate surface area is 89.6 Å². The lowest BCUT2D eigenvalue weighted by Gasteiger charge is -2.07. The number of rotatable bonds is 3. The van der Waals surface area contributed by atoms with Gasteiger partial charge in [-0.25, -0.2) is 4.98 Å². The predicted octanol–water partition coefficient (Wildman–Crippen LogP) is 1.21. The summed E-state index contributed by atoms with van der Waals surface area (Å²) in [5.41, 5.74) is 1.24. The van der Waals surface area contributed by atoms with Gasteiger partial charge in [-0.15, -0.1) is 11.3 Å². The summed E-state index contributed by atoms with van der Waals surface area (Å²) < 4.78 is 1.73. The number of fused-ring (bicyclic) bond motifs is 1. The molecule has 2 heterocycles. The molecule has 5 nitrogen and oxygen atoms in total. The van der Waals surface area contributed by atoms with Crippen LogP contribution in [0.3, 0.4) is 0 Å². The van der Waals surface area contributed by atoms with Crippen molar-refractivity contribution in [3.05, 3.63) is 23.0 Å². The van der Waals surface area contributed by atoms with E-state index in [9.17, 15) is 9.90 Å². The number of carbonyl (C=O) groups is 1. The minimum absolute atomic E-state index is 0.301. The summed E-state index contributed by atoms with van der Waals surface area (Å²) in [7, 11) is 0. The van der Waals surface area contributed by atoms with Crippen LogP contribution in [0.1, 0.15) is 23.9 Å². The lowest BCUT2D eigenvalue weighted by Crippen LogP contribution is -2.08. The molecule has 0 aliphatic carbocycles. The van der Waals surface area contributed by atoms with Gasteiger partial charge < -0.3 is 10.2 Å². The Kier molecular flexibility index (Phi) is 2.45. The molecule has 0 fully saturated rings. The zero-order valence-corrected chi connectivity index (χ0v) is 8.86. The number of hydrogen-bond donors (Lipinski definition) is 2. The average Bonchev–Trinajstić information content (AvgIpc) is 2.60. The van der Waals surface area contributed by atoms with Gasteiger partial charge in [0.05, 0.1) is 17.8 Å². The van der Waals surface area contributed by atoms with Gasteiger partial charge in [0.2, 0.25) is 0 Å². The van der Waals surface area contributed by atoms with Gasteiger partial charge in [0.25, 0.3) is 0 Å². The van der Waals surface area contributed by atoms with Crippen molar-refractivity contribution in [3.63, 3.8) is 0 Å². The molecular formula is C9H10N2O3S. The Morgan fingerprint density at radius 3 is 3.13 bits per heavy atom. The third-order valence-electron chi connectivity index (χ3n) is 2.17. The Morgan fingerprint density at radius 2 is 2.47 bits per heavy atom. The first-order valence-corrected chi connectivity index (χ1v) is 5.29. The summed E-state index contributed by atoms with van der Waals surface area (Å²) in [5, 5.41) is 20.2. The molecule has 0 spiro atoms. The second-order valence-corrected chi connectivity index (χ2v) is 4.12. The summed E-state index contributed by atoms with van der Waals surface area (Å²) in [5.74, 6) is -1.02. The highest BCUT2D eigenvalue weighted by molar-refractivity contribution is 7.15. The number of aliphatic hydroxyl groups is 1. The van der Waals surface area contributed by atoms with Gasteiger partial charge >= 0.3 is 5.97 Å². The topological polar surface area (TPSA) is 74.8 Å². The molecule has 0 aromatic carbocycles. The molecule has 0 saturated heterocycles. The van der Waals surface area contributed by atoms with E-state index in [4.69, 9.17) is 5.11 Å². The number of carboxylic acid groups (broad SMARTS) is 1. The van der Waals surface area contributed by atoms with Crippen LogP contribution in [0.2, 0.25) is 0 Å².